The predicted molar refractivity (Wildman–Crippen MR) is 99.1 cm³/mol. The maximum Gasteiger partial charge on any atom is 0.224 e. The van der Waals surface area contributed by atoms with Gasteiger partial charge in [0.2, 0.25) is 5.91 Å². The van der Waals surface area contributed by atoms with E-state index in [2.05, 4.69) is 58.1 Å². The Hall–Kier alpha value is -2.66. The fraction of sp³-hybridized carbons (Fsp3) is 0.300. The van der Waals surface area contributed by atoms with Gasteiger partial charge in [-0.15, -0.1) is 0 Å². The van der Waals surface area contributed by atoms with E-state index in [-0.39, 0.29) is 11.8 Å². The maximum absolute atomic E-state index is 12.3. The Labute approximate surface area is 146 Å². The van der Waals surface area contributed by atoms with Crippen LogP contribution in [0.2, 0.25) is 0 Å². The molecule has 1 atom stereocenters. The van der Waals surface area contributed by atoms with Crippen molar-refractivity contribution in [2.75, 3.05) is 13.1 Å². The summed E-state index contributed by atoms with van der Waals surface area (Å²) < 4.78 is 0. The number of aryl methyl sites for hydroxylation is 1. The van der Waals surface area contributed by atoms with Gasteiger partial charge in [-0.05, 0) is 48.7 Å². The first-order chi connectivity index (χ1) is 12.2. The zero-order valence-corrected chi connectivity index (χ0v) is 14.3. The summed E-state index contributed by atoms with van der Waals surface area (Å²) in [7, 11) is 0. The van der Waals surface area contributed by atoms with Crippen LogP contribution in [0.4, 0.5) is 0 Å². The van der Waals surface area contributed by atoms with Crippen molar-refractivity contribution in [3.63, 3.8) is 0 Å². The van der Waals surface area contributed by atoms with Gasteiger partial charge in [0.25, 0.3) is 0 Å². The van der Waals surface area contributed by atoms with Gasteiger partial charge in [0.15, 0.2) is 0 Å². The molecule has 0 saturated carbocycles. The molecular weight excluding hydrogens is 312 g/mol. The third kappa shape index (κ3) is 3.28. The second-order valence-corrected chi connectivity index (χ2v) is 6.74. The minimum atomic E-state index is 0.0937. The summed E-state index contributed by atoms with van der Waals surface area (Å²) >= 11 is 0. The SMILES string of the molecule is Cc1ccc(CNC(=O)C2CCNC2)c(-c2ccc3[nH]ncc3c2)c1. The highest BCUT2D eigenvalue weighted by Crippen LogP contribution is 2.28. The lowest BCUT2D eigenvalue weighted by atomic mass is 9.96. The van der Waals surface area contributed by atoms with Gasteiger partial charge < -0.3 is 10.6 Å². The van der Waals surface area contributed by atoms with E-state index in [0.717, 1.165) is 47.1 Å². The third-order valence-corrected chi connectivity index (χ3v) is 4.90. The number of hydrogen-bond donors (Lipinski definition) is 3. The van der Waals surface area contributed by atoms with E-state index in [1.165, 1.54) is 5.56 Å². The average molecular weight is 334 g/mol. The molecule has 1 saturated heterocycles. The van der Waals surface area contributed by atoms with Crippen LogP contribution in [0.25, 0.3) is 22.0 Å². The first-order valence-corrected chi connectivity index (χ1v) is 8.72. The van der Waals surface area contributed by atoms with Crippen molar-refractivity contribution in [1.29, 1.82) is 0 Å². The zero-order valence-electron chi connectivity index (χ0n) is 14.3. The summed E-state index contributed by atoms with van der Waals surface area (Å²) in [5.41, 5.74) is 5.67. The third-order valence-electron chi connectivity index (χ3n) is 4.90. The van der Waals surface area contributed by atoms with E-state index in [0.29, 0.717) is 6.54 Å². The molecule has 1 unspecified atom stereocenters. The minimum Gasteiger partial charge on any atom is -0.352 e. The van der Waals surface area contributed by atoms with Crippen LogP contribution in [0.5, 0.6) is 0 Å². The van der Waals surface area contributed by atoms with Gasteiger partial charge in [-0.1, -0.05) is 29.8 Å². The topological polar surface area (TPSA) is 69.8 Å². The van der Waals surface area contributed by atoms with Gasteiger partial charge in [0, 0.05) is 18.5 Å². The van der Waals surface area contributed by atoms with Crippen LogP contribution in [0.15, 0.2) is 42.6 Å². The fourth-order valence-electron chi connectivity index (χ4n) is 3.43. The molecule has 25 heavy (non-hydrogen) atoms. The molecule has 4 rings (SSSR count). The number of aromatic amines is 1. The normalized spacial score (nSPS) is 17.1. The van der Waals surface area contributed by atoms with Crippen molar-refractivity contribution >= 4 is 16.8 Å². The number of nitrogens with one attached hydrogen (secondary N) is 3. The van der Waals surface area contributed by atoms with E-state index in [4.69, 9.17) is 0 Å². The molecule has 1 aliphatic rings. The van der Waals surface area contributed by atoms with Gasteiger partial charge in [0.1, 0.15) is 0 Å². The van der Waals surface area contributed by atoms with E-state index in [1.54, 1.807) is 0 Å². The number of nitrogens with zero attached hydrogens (tertiary/aromatic N) is 1. The van der Waals surface area contributed by atoms with E-state index in [1.807, 2.05) is 12.3 Å². The highest BCUT2D eigenvalue weighted by atomic mass is 16.1. The molecule has 1 fully saturated rings. The lowest BCUT2D eigenvalue weighted by Crippen LogP contribution is -2.31. The summed E-state index contributed by atoms with van der Waals surface area (Å²) in [5, 5.41) is 14.5. The van der Waals surface area contributed by atoms with Crippen molar-refractivity contribution < 1.29 is 4.79 Å². The lowest BCUT2D eigenvalue weighted by molar-refractivity contribution is -0.124. The van der Waals surface area contributed by atoms with E-state index in [9.17, 15) is 4.79 Å². The molecule has 1 aliphatic heterocycles. The first-order valence-electron chi connectivity index (χ1n) is 8.72. The van der Waals surface area contributed by atoms with Gasteiger partial charge in [-0.3, -0.25) is 9.89 Å². The quantitative estimate of drug-likeness (QED) is 0.687. The summed E-state index contributed by atoms with van der Waals surface area (Å²) in [4.78, 5) is 12.3. The first kappa shape index (κ1) is 15.8. The second kappa shape index (κ2) is 6.69. The highest BCUT2D eigenvalue weighted by Gasteiger charge is 2.22. The van der Waals surface area contributed by atoms with Crippen molar-refractivity contribution in [1.82, 2.24) is 20.8 Å². The van der Waals surface area contributed by atoms with E-state index < -0.39 is 0 Å². The van der Waals surface area contributed by atoms with Gasteiger partial charge in [0.05, 0.1) is 17.6 Å². The summed E-state index contributed by atoms with van der Waals surface area (Å²) in [6.45, 7) is 4.35. The number of benzene rings is 2. The molecule has 5 nitrogen and oxygen atoms in total. The maximum atomic E-state index is 12.3. The number of H-pyrrole nitrogens is 1. The van der Waals surface area contributed by atoms with Crippen molar-refractivity contribution in [2.24, 2.45) is 5.92 Å². The van der Waals surface area contributed by atoms with Crippen LogP contribution in [0, 0.1) is 12.8 Å². The van der Waals surface area contributed by atoms with Crippen LogP contribution < -0.4 is 10.6 Å². The van der Waals surface area contributed by atoms with Crippen molar-refractivity contribution in [3.05, 3.63) is 53.7 Å². The molecule has 2 heterocycles. The molecule has 0 radical (unpaired) electrons. The van der Waals surface area contributed by atoms with Gasteiger partial charge >= 0.3 is 0 Å². The smallest absolute Gasteiger partial charge is 0.224 e. The number of rotatable bonds is 4. The lowest BCUT2D eigenvalue weighted by Gasteiger charge is -2.14. The Morgan fingerprint density at radius 3 is 3.04 bits per heavy atom. The van der Waals surface area contributed by atoms with Crippen LogP contribution in [0.1, 0.15) is 17.5 Å². The summed E-state index contributed by atoms with van der Waals surface area (Å²) in [6, 6.07) is 12.7. The largest absolute Gasteiger partial charge is 0.352 e. The molecule has 128 valence electrons. The number of hydrogen-bond acceptors (Lipinski definition) is 3. The Morgan fingerprint density at radius 2 is 2.20 bits per heavy atom. The minimum absolute atomic E-state index is 0.0937. The molecule has 3 aromatic rings. The average Bonchev–Trinajstić information content (AvgIpc) is 3.31. The van der Waals surface area contributed by atoms with Crippen molar-refractivity contribution in [3.8, 4) is 11.1 Å². The number of fused-ring (bicyclic) bond motifs is 1. The molecule has 0 aliphatic carbocycles. The van der Waals surface area contributed by atoms with Crippen molar-refractivity contribution in [2.45, 2.75) is 19.9 Å². The van der Waals surface area contributed by atoms with E-state index >= 15 is 0 Å². The molecule has 2 aromatic carbocycles. The molecular formula is C20H22N4O. The number of aromatic nitrogens is 2. The second-order valence-electron chi connectivity index (χ2n) is 6.74. The monoisotopic (exact) mass is 334 g/mol. The molecule has 1 amide bonds. The Kier molecular flexibility index (Phi) is 4.24. The Morgan fingerprint density at radius 1 is 1.28 bits per heavy atom. The number of carbonyl (C=O) groups excluding carboxylic acids is 1. The van der Waals surface area contributed by atoms with Crippen LogP contribution in [0.3, 0.4) is 0 Å². The summed E-state index contributed by atoms with van der Waals surface area (Å²) in [5.74, 6) is 0.234. The Bertz CT molecular complexity index is 909. The summed E-state index contributed by atoms with van der Waals surface area (Å²) in [6.07, 6.45) is 2.76. The molecule has 3 N–H and O–H groups in total. The molecule has 1 aromatic heterocycles. The molecule has 0 bridgehead atoms. The van der Waals surface area contributed by atoms with Crippen LogP contribution >= 0.6 is 0 Å². The zero-order chi connectivity index (χ0) is 17.2. The Balaban J connectivity index is 1.60. The molecule has 0 spiro atoms. The van der Waals surface area contributed by atoms with Crippen LogP contribution in [-0.2, 0) is 11.3 Å². The fourth-order valence-corrected chi connectivity index (χ4v) is 3.43. The van der Waals surface area contributed by atoms with Gasteiger partial charge in [-0.2, -0.15) is 5.10 Å². The number of carbonyl (C=O) groups is 1. The highest BCUT2D eigenvalue weighted by molar-refractivity contribution is 5.85. The molecule has 5 heteroatoms. The number of amides is 1. The van der Waals surface area contributed by atoms with Crippen LogP contribution in [-0.4, -0.2) is 29.2 Å². The van der Waals surface area contributed by atoms with Gasteiger partial charge in [-0.25, -0.2) is 0 Å². The predicted octanol–water partition coefficient (Wildman–Crippen LogP) is 2.76. The standard InChI is InChI=1S/C20H22N4O/c1-13-2-3-15(11-22-20(25)16-6-7-21-10-16)18(8-13)14-4-5-19-17(9-14)12-23-24-19/h2-5,8-9,12,16,21H,6-7,10-11H2,1H3,(H,22,25)(H,23,24).